The zero-order valence-electron chi connectivity index (χ0n) is 17.7. The quantitative estimate of drug-likeness (QED) is 0.655. The van der Waals surface area contributed by atoms with Gasteiger partial charge in [-0.2, -0.15) is 0 Å². The number of nitrogens with one attached hydrogen (secondary N) is 2. The third kappa shape index (κ3) is 6.59. The standard InChI is InChI=1S/C24H31N3O3/c1-30-22-12-6-19(7-13-22)14-15-25-18-23(28)26-21-10-8-20(9-11-21)24(29)27-16-4-2-3-5-17-27/h6-13,25H,2-5,14-18H2,1H3,(H,26,28). The van der Waals surface area contributed by atoms with Gasteiger partial charge in [-0.1, -0.05) is 25.0 Å². The normalized spacial score (nSPS) is 14.1. The summed E-state index contributed by atoms with van der Waals surface area (Å²) < 4.78 is 5.15. The molecule has 3 rings (SSSR count). The number of likely N-dealkylation sites (tertiary alicyclic amines) is 1. The second-order valence-electron chi connectivity index (χ2n) is 7.61. The van der Waals surface area contributed by atoms with Gasteiger partial charge in [0.25, 0.3) is 5.91 Å². The van der Waals surface area contributed by atoms with Crippen LogP contribution in [0.1, 0.15) is 41.6 Å². The average molecular weight is 410 g/mol. The molecule has 30 heavy (non-hydrogen) atoms. The lowest BCUT2D eigenvalue weighted by atomic mass is 10.1. The summed E-state index contributed by atoms with van der Waals surface area (Å²) in [7, 11) is 1.65. The molecule has 2 aromatic carbocycles. The second kappa shape index (κ2) is 11.4. The molecule has 1 aliphatic heterocycles. The first-order valence-corrected chi connectivity index (χ1v) is 10.7. The van der Waals surface area contributed by atoms with E-state index in [0.29, 0.717) is 17.8 Å². The average Bonchev–Trinajstić information content (AvgIpc) is 3.07. The molecule has 2 amide bonds. The molecule has 1 fully saturated rings. The van der Waals surface area contributed by atoms with Gasteiger partial charge >= 0.3 is 0 Å². The lowest BCUT2D eigenvalue weighted by Gasteiger charge is -2.20. The number of hydrogen-bond acceptors (Lipinski definition) is 4. The van der Waals surface area contributed by atoms with E-state index in [2.05, 4.69) is 10.6 Å². The largest absolute Gasteiger partial charge is 0.497 e. The Balaban J connectivity index is 1.39. The highest BCUT2D eigenvalue weighted by Gasteiger charge is 2.17. The number of carbonyl (C=O) groups excluding carboxylic acids is 2. The Labute approximate surface area is 178 Å². The van der Waals surface area contributed by atoms with Crippen LogP contribution in [-0.4, -0.2) is 50.0 Å². The molecular formula is C24H31N3O3. The van der Waals surface area contributed by atoms with Crippen LogP contribution in [0.5, 0.6) is 5.75 Å². The summed E-state index contributed by atoms with van der Waals surface area (Å²) >= 11 is 0. The molecule has 0 atom stereocenters. The van der Waals surface area contributed by atoms with Crippen molar-refractivity contribution in [3.8, 4) is 5.75 Å². The van der Waals surface area contributed by atoms with Crippen LogP contribution < -0.4 is 15.4 Å². The SMILES string of the molecule is COc1ccc(CCNCC(=O)Nc2ccc(C(=O)N3CCCCCC3)cc2)cc1. The summed E-state index contributed by atoms with van der Waals surface area (Å²) in [5.41, 5.74) is 2.56. The summed E-state index contributed by atoms with van der Waals surface area (Å²) in [5, 5.41) is 6.03. The topological polar surface area (TPSA) is 70.7 Å². The van der Waals surface area contributed by atoms with Gasteiger partial charge in [0.1, 0.15) is 5.75 Å². The Bertz CT molecular complexity index is 811. The van der Waals surface area contributed by atoms with E-state index in [1.54, 1.807) is 31.4 Å². The van der Waals surface area contributed by atoms with E-state index in [1.165, 1.54) is 18.4 Å². The van der Waals surface area contributed by atoms with Gasteiger partial charge in [-0.15, -0.1) is 0 Å². The molecule has 1 heterocycles. The van der Waals surface area contributed by atoms with Crippen LogP contribution in [-0.2, 0) is 11.2 Å². The highest BCUT2D eigenvalue weighted by atomic mass is 16.5. The van der Waals surface area contributed by atoms with Crippen molar-refractivity contribution < 1.29 is 14.3 Å². The highest BCUT2D eigenvalue weighted by Crippen LogP contribution is 2.16. The first-order valence-electron chi connectivity index (χ1n) is 10.7. The van der Waals surface area contributed by atoms with Gasteiger partial charge in [-0.25, -0.2) is 0 Å². The number of hydrogen-bond donors (Lipinski definition) is 2. The fourth-order valence-electron chi connectivity index (χ4n) is 3.58. The van der Waals surface area contributed by atoms with Crippen LogP contribution in [0, 0.1) is 0 Å². The van der Waals surface area contributed by atoms with Gasteiger partial charge in [-0.3, -0.25) is 9.59 Å². The monoisotopic (exact) mass is 409 g/mol. The van der Waals surface area contributed by atoms with Crippen molar-refractivity contribution >= 4 is 17.5 Å². The van der Waals surface area contributed by atoms with E-state index in [0.717, 1.165) is 38.1 Å². The zero-order chi connectivity index (χ0) is 21.2. The zero-order valence-corrected chi connectivity index (χ0v) is 17.7. The molecule has 1 saturated heterocycles. The van der Waals surface area contributed by atoms with Crippen LogP contribution in [0.3, 0.4) is 0 Å². The molecule has 0 spiro atoms. The maximum Gasteiger partial charge on any atom is 0.253 e. The third-order valence-corrected chi connectivity index (χ3v) is 5.34. The van der Waals surface area contributed by atoms with Crippen LogP contribution in [0.4, 0.5) is 5.69 Å². The summed E-state index contributed by atoms with van der Waals surface area (Å²) in [5.74, 6) is 0.816. The van der Waals surface area contributed by atoms with Crippen LogP contribution in [0.25, 0.3) is 0 Å². The van der Waals surface area contributed by atoms with Crippen molar-refractivity contribution in [3.05, 3.63) is 59.7 Å². The molecule has 2 N–H and O–H groups in total. The summed E-state index contributed by atoms with van der Waals surface area (Å²) in [6, 6.07) is 15.1. The highest BCUT2D eigenvalue weighted by molar-refractivity contribution is 5.96. The minimum atomic E-state index is -0.101. The number of ether oxygens (including phenoxy) is 1. The van der Waals surface area contributed by atoms with E-state index in [-0.39, 0.29) is 18.4 Å². The smallest absolute Gasteiger partial charge is 0.253 e. The third-order valence-electron chi connectivity index (χ3n) is 5.34. The van der Waals surface area contributed by atoms with Crippen LogP contribution in [0.15, 0.2) is 48.5 Å². The minimum absolute atomic E-state index is 0.0787. The fraction of sp³-hybridized carbons (Fsp3) is 0.417. The first-order chi connectivity index (χ1) is 14.7. The van der Waals surface area contributed by atoms with Crippen LogP contribution >= 0.6 is 0 Å². The summed E-state index contributed by atoms with van der Waals surface area (Å²) in [4.78, 5) is 26.7. The maximum atomic E-state index is 12.6. The molecule has 0 aliphatic carbocycles. The Morgan fingerprint density at radius 2 is 1.60 bits per heavy atom. The maximum absolute atomic E-state index is 12.6. The minimum Gasteiger partial charge on any atom is -0.497 e. The number of anilines is 1. The predicted molar refractivity (Wildman–Crippen MR) is 119 cm³/mol. The number of benzene rings is 2. The number of rotatable bonds is 8. The number of carbonyl (C=O) groups is 2. The fourth-order valence-corrected chi connectivity index (χ4v) is 3.58. The molecule has 160 valence electrons. The van der Waals surface area contributed by atoms with Crippen molar-refractivity contribution in [3.63, 3.8) is 0 Å². The lowest BCUT2D eigenvalue weighted by Crippen LogP contribution is -2.31. The van der Waals surface area contributed by atoms with E-state index < -0.39 is 0 Å². The van der Waals surface area contributed by atoms with Gasteiger partial charge in [0.05, 0.1) is 13.7 Å². The van der Waals surface area contributed by atoms with Gasteiger partial charge in [0.2, 0.25) is 5.91 Å². The number of amides is 2. The molecule has 0 aromatic heterocycles. The molecule has 6 nitrogen and oxygen atoms in total. The molecule has 0 saturated carbocycles. The van der Waals surface area contributed by atoms with E-state index in [4.69, 9.17) is 4.74 Å². The van der Waals surface area contributed by atoms with Gasteiger partial charge < -0.3 is 20.3 Å². The molecule has 0 radical (unpaired) electrons. The number of nitrogens with zero attached hydrogens (tertiary/aromatic N) is 1. The summed E-state index contributed by atoms with van der Waals surface area (Å²) in [6.45, 7) is 2.62. The van der Waals surface area contributed by atoms with E-state index in [1.807, 2.05) is 29.2 Å². The van der Waals surface area contributed by atoms with E-state index in [9.17, 15) is 9.59 Å². The second-order valence-corrected chi connectivity index (χ2v) is 7.61. The summed E-state index contributed by atoms with van der Waals surface area (Å²) in [6.07, 6.45) is 5.38. The Morgan fingerprint density at radius 3 is 2.23 bits per heavy atom. The molecule has 0 bridgehead atoms. The molecule has 6 heteroatoms. The van der Waals surface area contributed by atoms with Gasteiger partial charge in [0.15, 0.2) is 0 Å². The van der Waals surface area contributed by atoms with E-state index >= 15 is 0 Å². The Kier molecular flexibility index (Phi) is 8.27. The molecule has 2 aromatic rings. The van der Waals surface area contributed by atoms with Crippen molar-refractivity contribution in [2.75, 3.05) is 38.6 Å². The molecule has 1 aliphatic rings. The Hall–Kier alpha value is -2.86. The first kappa shape index (κ1) is 21.8. The van der Waals surface area contributed by atoms with Crippen molar-refractivity contribution in [1.29, 1.82) is 0 Å². The predicted octanol–water partition coefficient (Wildman–Crippen LogP) is 3.48. The molecular weight excluding hydrogens is 378 g/mol. The molecule has 0 unspecified atom stereocenters. The van der Waals surface area contributed by atoms with Gasteiger partial charge in [0, 0.05) is 24.3 Å². The van der Waals surface area contributed by atoms with Gasteiger partial charge in [-0.05, 0) is 67.8 Å². The number of methoxy groups -OCH3 is 1. The van der Waals surface area contributed by atoms with Crippen LogP contribution in [0.2, 0.25) is 0 Å². The van der Waals surface area contributed by atoms with Crippen molar-refractivity contribution in [2.24, 2.45) is 0 Å². The van der Waals surface area contributed by atoms with Crippen molar-refractivity contribution in [1.82, 2.24) is 10.2 Å². The lowest BCUT2D eigenvalue weighted by molar-refractivity contribution is -0.115. The van der Waals surface area contributed by atoms with Crippen molar-refractivity contribution in [2.45, 2.75) is 32.1 Å². The Morgan fingerprint density at radius 1 is 0.933 bits per heavy atom.